The van der Waals surface area contributed by atoms with Gasteiger partial charge in [0.2, 0.25) is 0 Å². The van der Waals surface area contributed by atoms with Crippen LogP contribution in [0, 0.1) is 0 Å². The lowest BCUT2D eigenvalue weighted by Crippen LogP contribution is -2.34. The summed E-state index contributed by atoms with van der Waals surface area (Å²) in [6.45, 7) is 2.59. The second-order valence-corrected chi connectivity index (χ2v) is 5.67. The fourth-order valence-electron chi connectivity index (χ4n) is 2.09. The van der Waals surface area contributed by atoms with Crippen LogP contribution in [0.5, 0.6) is 0 Å². The molecule has 2 heterocycles. The molecule has 1 aromatic carbocycles. The molecule has 3 rings (SSSR count). The van der Waals surface area contributed by atoms with E-state index in [9.17, 15) is 0 Å². The Morgan fingerprint density at radius 3 is 2.80 bits per heavy atom. The maximum atomic E-state index is 4.41. The molecular weight excluding hydrogens is 318 g/mol. The first kappa shape index (κ1) is 13.2. The fraction of sp³-hybridized carbons (Fsp3) is 0.286. The molecule has 1 N–H and O–H groups in total. The highest BCUT2D eigenvalue weighted by molar-refractivity contribution is 9.10. The number of hydrogen-bond donors (Lipinski definition) is 1. The molecule has 0 saturated heterocycles. The number of nitrogens with zero attached hydrogens (tertiary/aromatic N) is 4. The van der Waals surface area contributed by atoms with Crippen LogP contribution in [-0.2, 0) is 6.54 Å². The molecule has 20 heavy (non-hydrogen) atoms. The maximum Gasteiger partial charge on any atom is 0.194 e. The molecule has 0 atom stereocenters. The molecule has 2 aromatic rings. The van der Waals surface area contributed by atoms with Crippen LogP contribution in [0.25, 0.3) is 5.69 Å². The molecule has 0 amide bonds. The lowest BCUT2D eigenvalue weighted by molar-refractivity contribution is 0.534. The van der Waals surface area contributed by atoms with Gasteiger partial charge in [0.25, 0.3) is 0 Å². The summed E-state index contributed by atoms with van der Waals surface area (Å²) < 4.78 is 2.95. The van der Waals surface area contributed by atoms with Crippen molar-refractivity contribution in [3.8, 4) is 5.69 Å². The summed E-state index contributed by atoms with van der Waals surface area (Å²) in [7, 11) is 2.05. The summed E-state index contributed by atoms with van der Waals surface area (Å²) in [4.78, 5) is 6.53. The summed E-state index contributed by atoms with van der Waals surface area (Å²) >= 11 is 3.43. The molecular formula is C14H16BrN5. The summed E-state index contributed by atoms with van der Waals surface area (Å²) in [5.41, 5.74) is 2.19. The van der Waals surface area contributed by atoms with Gasteiger partial charge in [-0.05, 0) is 24.3 Å². The second-order valence-electron chi connectivity index (χ2n) is 4.75. The van der Waals surface area contributed by atoms with Crippen LogP contribution < -0.4 is 5.32 Å². The van der Waals surface area contributed by atoms with E-state index in [1.807, 2.05) is 48.4 Å². The zero-order chi connectivity index (χ0) is 13.9. The lowest BCUT2D eigenvalue weighted by Gasteiger charge is -2.14. The third-order valence-corrected chi connectivity index (χ3v) is 3.77. The molecule has 0 unspecified atom stereocenters. The maximum absolute atomic E-state index is 4.41. The Bertz CT molecular complexity index is 617. The van der Waals surface area contributed by atoms with Crippen LogP contribution in [0.15, 0.2) is 46.1 Å². The number of benzene rings is 1. The van der Waals surface area contributed by atoms with Crippen LogP contribution in [0.2, 0.25) is 0 Å². The predicted octanol–water partition coefficient (Wildman–Crippen LogP) is 2.03. The molecule has 1 aromatic heterocycles. The average Bonchev–Trinajstić information content (AvgIpc) is 3.06. The predicted molar refractivity (Wildman–Crippen MR) is 83.0 cm³/mol. The average molecular weight is 334 g/mol. The van der Waals surface area contributed by atoms with Crippen molar-refractivity contribution in [3.63, 3.8) is 0 Å². The van der Waals surface area contributed by atoms with Gasteiger partial charge in [-0.25, -0.2) is 4.68 Å². The minimum Gasteiger partial charge on any atom is -0.352 e. The first-order valence-corrected chi connectivity index (χ1v) is 7.30. The molecule has 104 valence electrons. The largest absolute Gasteiger partial charge is 0.352 e. The van der Waals surface area contributed by atoms with Gasteiger partial charge in [-0.2, -0.15) is 5.10 Å². The zero-order valence-electron chi connectivity index (χ0n) is 11.3. The Kier molecular flexibility index (Phi) is 3.73. The number of hydrogen-bond acceptors (Lipinski definition) is 4. The fourth-order valence-corrected chi connectivity index (χ4v) is 2.36. The number of aromatic nitrogens is 2. The highest BCUT2D eigenvalue weighted by Gasteiger charge is 2.11. The highest BCUT2D eigenvalue weighted by atomic mass is 79.9. The summed E-state index contributed by atoms with van der Waals surface area (Å²) in [6.07, 6.45) is 3.91. The van der Waals surface area contributed by atoms with Gasteiger partial charge in [0.05, 0.1) is 18.4 Å². The van der Waals surface area contributed by atoms with E-state index in [0.717, 1.165) is 41.3 Å². The monoisotopic (exact) mass is 333 g/mol. The van der Waals surface area contributed by atoms with E-state index >= 15 is 0 Å². The molecule has 1 aliphatic heterocycles. The van der Waals surface area contributed by atoms with Gasteiger partial charge in [0.15, 0.2) is 5.96 Å². The van der Waals surface area contributed by atoms with E-state index in [4.69, 9.17) is 0 Å². The first-order chi connectivity index (χ1) is 9.72. The number of halogens is 1. The molecule has 0 spiro atoms. The van der Waals surface area contributed by atoms with Crippen molar-refractivity contribution in [2.75, 3.05) is 20.1 Å². The molecule has 0 fully saturated rings. The summed E-state index contributed by atoms with van der Waals surface area (Å²) in [5, 5.41) is 7.72. The smallest absolute Gasteiger partial charge is 0.194 e. The third kappa shape index (κ3) is 2.85. The Morgan fingerprint density at radius 1 is 1.30 bits per heavy atom. The van der Waals surface area contributed by atoms with Crippen LogP contribution in [-0.4, -0.2) is 40.8 Å². The minimum atomic E-state index is 0.736. The standard InChI is InChI=1S/C14H16BrN5/c1-19-7-6-16-14(19)17-8-11-9-18-20(10-11)13-4-2-12(15)3-5-13/h2-5,9-10H,6-8H2,1H3,(H,16,17). The molecule has 0 saturated carbocycles. The van der Waals surface area contributed by atoms with Gasteiger partial charge in [-0.15, -0.1) is 0 Å². The highest BCUT2D eigenvalue weighted by Crippen LogP contribution is 2.14. The van der Waals surface area contributed by atoms with Crippen molar-refractivity contribution < 1.29 is 0 Å². The first-order valence-electron chi connectivity index (χ1n) is 6.51. The zero-order valence-corrected chi connectivity index (χ0v) is 12.8. The van der Waals surface area contributed by atoms with Gasteiger partial charge in [0, 0.05) is 36.4 Å². The number of aliphatic imine (C=N–C) groups is 1. The third-order valence-electron chi connectivity index (χ3n) is 3.24. The van der Waals surface area contributed by atoms with Crippen molar-refractivity contribution in [1.29, 1.82) is 0 Å². The number of guanidine groups is 1. The lowest BCUT2D eigenvalue weighted by atomic mass is 10.3. The normalized spacial score (nSPS) is 14.5. The number of nitrogens with one attached hydrogen (secondary N) is 1. The van der Waals surface area contributed by atoms with Crippen LogP contribution >= 0.6 is 15.9 Å². The molecule has 5 nitrogen and oxygen atoms in total. The number of rotatable bonds is 3. The Balaban J connectivity index is 1.66. The van der Waals surface area contributed by atoms with Crippen molar-refractivity contribution in [2.24, 2.45) is 4.99 Å². The van der Waals surface area contributed by atoms with Gasteiger partial charge in [-0.3, -0.25) is 4.99 Å². The van der Waals surface area contributed by atoms with E-state index in [1.54, 1.807) is 0 Å². The molecule has 0 radical (unpaired) electrons. The van der Waals surface area contributed by atoms with Gasteiger partial charge in [0.1, 0.15) is 0 Å². The second kappa shape index (κ2) is 5.66. The van der Waals surface area contributed by atoms with Crippen molar-refractivity contribution in [2.45, 2.75) is 6.54 Å². The van der Waals surface area contributed by atoms with E-state index in [2.05, 4.69) is 36.2 Å². The molecule has 6 heteroatoms. The van der Waals surface area contributed by atoms with E-state index < -0.39 is 0 Å². The van der Waals surface area contributed by atoms with Crippen molar-refractivity contribution in [3.05, 3.63) is 46.7 Å². The molecule has 0 aliphatic carbocycles. The topological polar surface area (TPSA) is 45.4 Å². The number of likely N-dealkylation sites (N-methyl/N-ethyl adjacent to an activating group) is 1. The van der Waals surface area contributed by atoms with Crippen LogP contribution in [0.1, 0.15) is 5.56 Å². The van der Waals surface area contributed by atoms with Gasteiger partial charge in [-0.1, -0.05) is 15.9 Å². The Labute approximate surface area is 126 Å². The quantitative estimate of drug-likeness (QED) is 0.934. The van der Waals surface area contributed by atoms with E-state index in [-0.39, 0.29) is 0 Å². The van der Waals surface area contributed by atoms with E-state index in [0.29, 0.717) is 0 Å². The molecule has 1 aliphatic rings. The Morgan fingerprint density at radius 2 is 2.10 bits per heavy atom. The van der Waals surface area contributed by atoms with E-state index in [1.165, 1.54) is 0 Å². The van der Waals surface area contributed by atoms with Crippen molar-refractivity contribution in [1.82, 2.24) is 20.0 Å². The van der Waals surface area contributed by atoms with Gasteiger partial charge >= 0.3 is 0 Å². The van der Waals surface area contributed by atoms with Gasteiger partial charge < -0.3 is 10.2 Å². The molecule has 0 bridgehead atoms. The van der Waals surface area contributed by atoms with Crippen LogP contribution in [0.3, 0.4) is 0 Å². The SMILES string of the molecule is CN1CCN=C1NCc1cnn(-c2ccc(Br)cc2)c1. The van der Waals surface area contributed by atoms with Crippen LogP contribution in [0.4, 0.5) is 0 Å². The van der Waals surface area contributed by atoms with Crippen molar-refractivity contribution >= 4 is 21.9 Å². The summed E-state index contributed by atoms with van der Waals surface area (Å²) in [6, 6.07) is 8.08. The Hall–Kier alpha value is -1.82. The minimum absolute atomic E-state index is 0.736. The summed E-state index contributed by atoms with van der Waals surface area (Å²) in [5.74, 6) is 0.960.